The van der Waals surface area contributed by atoms with E-state index in [9.17, 15) is 0 Å². The fourth-order valence-corrected chi connectivity index (χ4v) is 3.44. The van der Waals surface area contributed by atoms with Crippen LogP contribution in [0.15, 0.2) is 0 Å². The normalized spacial score (nSPS) is 21.4. The van der Waals surface area contributed by atoms with Crippen molar-refractivity contribution >= 4 is 11.3 Å². The molecule has 0 bridgehead atoms. The first-order chi connectivity index (χ1) is 8.86. The van der Waals surface area contributed by atoms with E-state index in [1.54, 1.807) is 0 Å². The Hall–Kier alpha value is -0.490. The number of thiazole rings is 1. The van der Waals surface area contributed by atoms with Crippen molar-refractivity contribution in [1.82, 2.24) is 9.88 Å². The molecule has 0 atom stereocenters. The van der Waals surface area contributed by atoms with E-state index in [1.807, 2.05) is 11.3 Å². The molecule has 2 aliphatic rings. The Bertz CT molecular complexity index is 397. The molecule has 0 amide bonds. The van der Waals surface area contributed by atoms with Gasteiger partial charge in [0.15, 0.2) is 0 Å². The molecule has 3 rings (SSSR count). The fraction of sp³-hybridized carbons (Fsp3) is 0.769. The molecule has 18 heavy (non-hydrogen) atoms. The maximum Gasteiger partial charge on any atom is 0.0944 e. The highest BCUT2D eigenvalue weighted by Gasteiger charge is 2.29. The number of hydrogen-bond donors (Lipinski definition) is 1. The van der Waals surface area contributed by atoms with Crippen LogP contribution in [-0.2, 0) is 17.7 Å². The number of rotatable bonds is 5. The van der Waals surface area contributed by atoms with Gasteiger partial charge in [0.2, 0.25) is 0 Å². The highest BCUT2D eigenvalue weighted by molar-refractivity contribution is 7.11. The second-order valence-electron chi connectivity index (χ2n) is 5.10. The lowest BCUT2D eigenvalue weighted by molar-refractivity contribution is 0.0384. The van der Waals surface area contributed by atoms with Gasteiger partial charge in [-0.05, 0) is 12.8 Å². The van der Waals surface area contributed by atoms with Gasteiger partial charge in [0.05, 0.1) is 23.9 Å². The molecule has 0 radical (unpaired) electrons. The largest absolute Gasteiger partial charge is 0.379 e. The summed E-state index contributed by atoms with van der Waals surface area (Å²) in [4.78, 5) is 8.58. The van der Waals surface area contributed by atoms with Crippen LogP contribution in [0, 0.1) is 0 Å². The molecule has 2 heterocycles. The zero-order valence-electron chi connectivity index (χ0n) is 10.7. The Morgan fingerprint density at radius 1 is 1.33 bits per heavy atom. The van der Waals surface area contributed by atoms with Crippen molar-refractivity contribution in [3.8, 4) is 0 Å². The second-order valence-corrected chi connectivity index (χ2v) is 6.27. The van der Waals surface area contributed by atoms with Crippen molar-refractivity contribution in [2.24, 2.45) is 5.73 Å². The van der Waals surface area contributed by atoms with Crippen LogP contribution >= 0.6 is 11.3 Å². The highest BCUT2D eigenvalue weighted by Crippen LogP contribution is 2.42. The number of nitrogens with zero attached hydrogens (tertiary/aromatic N) is 2. The molecule has 5 heteroatoms. The first kappa shape index (κ1) is 12.5. The average Bonchev–Trinajstić information content (AvgIpc) is 3.18. The van der Waals surface area contributed by atoms with E-state index in [0.717, 1.165) is 45.2 Å². The predicted molar refractivity (Wildman–Crippen MR) is 72.9 cm³/mol. The smallest absolute Gasteiger partial charge is 0.0944 e. The molecule has 4 nitrogen and oxygen atoms in total. The lowest BCUT2D eigenvalue weighted by Crippen LogP contribution is -2.37. The molecule has 1 aromatic heterocycles. The first-order valence-electron chi connectivity index (χ1n) is 6.85. The quantitative estimate of drug-likeness (QED) is 0.875. The molecule has 2 fully saturated rings. The maximum atomic E-state index is 5.81. The number of ether oxygens (including phenoxy) is 1. The summed E-state index contributed by atoms with van der Waals surface area (Å²) in [6.45, 7) is 5.62. The van der Waals surface area contributed by atoms with Gasteiger partial charge >= 0.3 is 0 Å². The summed E-state index contributed by atoms with van der Waals surface area (Å²) >= 11 is 1.82. The molecule has 2 N–H and O–H groups in total. The zero-order chi connectivity index (χ0) is 12.4. The Morgan fingerprint density at radius 2 is 2.11 bits per heavy atom. The van der Waals surface area contributed by atoms with Crippen LogP contribution in [0.2, 0.25) is 0 Å². The van der Waals surface area contributed by atoms with E-state index in [-0.39, 0.29) is 0 Å². The molecule has 1 aliphatic carbocycles. The van der Waals surface area contributed by atoms with Crippen molar-refractivity contribution in [1.29, 1.82) is 0 Å². The Labute approximate surface area is 112 Å². The van der Waals surface area contributed by atoms with E-state index in [2.05, 4.69) is 4.90 Å². The number of morpholine rings is 1. The third-order valence-corrected chi connectivity index (χ3v) is 4.82. The molecule has 0 aromatic carbocycles. The Morgan fingerprint density at radius 3 is 2.78 bits per heavy atom. The maximum absolute atomic E-state index is 5.81. The fourth-order valence-electron chi connectivity index (χ4n) is 2.42. The lowest BCUT2D eigenvalue weighted by atomic mass is 10.2. The van der Waals surface area contributed by atoms with Gasteiger partial charge in [0, 0.05) is 43.4 Å². The topological polar surface area (TPSA) is 51.4 Å². The van der Waals surface area contributed by atoms with Crippen LogP contribution in [0.5, 0.6) is 0 Å². The molecule has 1 saturated heterocycles. The molecular formula is C13H21N3OS. The van der Waals surface area contributed by atoms with Crippen LogP contribution in [0.25, 0.3) is 0 Å². The molecule has 1 aliphatic heterocycles. The Balaban J connectivity index is 1.58. The molecule has 100 valence electrons. The molecule has 0 spiro atoms. The van der Waals surface area contributed by atoms with Gasteiger partial charge in [-0.25, -0.2) is 4.98 Å². The van der Waals surface area contributed by atoms with Gasteiger partial charge in [-0.3, -0.25) is 4.90 Å². The summed E-state index contributed by atoms with van der Waals surface area (Å²) in [6.07, 6.45) is 3.67. The van der Waals surface area contributed by atoms with Gasteiger partial charge in [-0.1, -0.05) is 0 Å². The van der Waals surface area contributed by atoms with Gasteiger partial charge < -0.3 is 10.5 Å². The van der Waals surface area contributed by atoms with Crippen LogP contribution in [0.4, 0.5) is 0 Å². The SMILES string of the molecule is NCc1sc(CCN2CCOCC2)nc1C1CC1. The third-order valence-electron chi connectivity index (χ3n) is 3.67. The standard InChI is InChI=1S/C13H21N3OS/c14-9-11-13(10-1-2-10)15-12(18-11)3-4-16-5-7-17-8-6-16/h10H,1-9,14H2. The van der Waals surface area contributed by atoms with E-state index in [4.69, 9.17) is 15.5 Å². The van der Waals surface area contributed by atoms with Crippen molar-refractivity contribution in [2.45, 2.75) is 31.7 Å². The Kier molecular flexibility index (Phi) is 3.94. The summed E-state index contributed by atoms with van der Waals surface area (Å²) in [5, 5.41) is 1.27. The van der Waals surface area contributed by atoms with Crippen LogP contribution < -0.4 is 5.73 Å². The summed E-state index contributed by atoms with van der Waals surface area (Å²) in [5.41, 5.74) is 7.12. The first-order valence-corrected chi connectivity index (χ1v) is 7.67. The average molecular weight is 267 g/mol. The van der Waals surface area contributed by atoms with Crippen molar-refractivity contribution in [2.75, 3.05) is 32.8 Å². The van der Waals surface area contributed by atoms with Crippen molar-refractivity contribution in [3.05, 3.63) is 15.6 Å². The molecule has 0 unspecified atom stereocenters. The van der Waals surface area contributed by atoms with Crippen LogP contribution in [0.1, 0.15) is 34.3 Å². The second kappa shape index (κ2) is 5.65. The molecule has 1 saturated carbocycles. The third kappa shape index (κ3) is 2.91. The summed E-state index contributed by atoms with van der Waals surface area (Å²) in [7, 11) is 0. The zero-order valence-corrected chi connectivity index (χ0v) is 11.5. The number of hydrogen-bond acceptors (Lipinski definition) is 5. The van der Waals surface area contributed by atoms with Gasteiger partial charge in [0.25, 0.3) is 0 Å². The number of nitrogens with two attached hydrogens (primary N) is 1. The van der Waals surface area contributed by atoms with E-state index < -0.39 is 0 Å². The summed E-state index contributed by atoms with van der Waals surface area (Å²) < 4.78 is 5.36. The highest BCUT2D eigenvalue weighted by atomic mass is 32.1. The van der Waals surface area contributed by atoms with Crippen LogP contribution in [-0.4, -0.2) is 42.7 Å². The van der Waals surface area contributed by atoms with Crippen LogP contribution in [0.3, 0.4) is 0 Å². The van der Waals surface area contributed by atoms with Gasteiger partial charge in [-0.15, -0.1) is 11.3 Å². The minimum absolute atomic E-state index is 0.654. The molecule has 1 aromatic rings. The minimum Gasteiger partial charge on any atom is -0.379 e. The number of aromatic nitrogens is 1. The van der Waals surface area contributed by atoms with Gasteiger partial charge in [0.1, 0.15) is 0 Å². The minimum atomic E-state index is 0.654. The van der Waals surface area contributed by atoms with Crippen molar-refractivity contribution in [3.63, 3.8) is 0 Å². The predicted octanol–water partition coefficient (Wildman–Crippen LogP) is 1.35. The monoisotopic (exact) mass is 267 g/mol. The van der Waals surface area contributed by atoms with Gasteiger partial charge in [-0.2, -0.15) is 0 Å². The van der Waals surface area contributed by atoms with E-state index >= 15 is 0 Å². The van der Waals surface area contributed by atoms with Crippen molar-refractivity contribution < 1.29 is 4.74 Å². The molecular weight excluding hydrogens is 246 g/mol. The summed E-state index contributed by atoms with van der Waals surface area (Å²) in [6, 6.07) is 0. The lowest BCUT2D eigenvalue weighted by Gasteiger charge is -2.25. The van der Waals surface area contributed by atoms with E-state index in [1.165, 1.54) is 28.4 Å². The summed E-state index contributed by atoms with van der Waals surface area (Å²) in [5.74, 6) is 0.719. The van der Waals surface area contributed by atoms with E-state index in [0.29, 0.717) is 6.54 Å².